The molecule has 0 bridgehead atoms. The normalized spacial score (nSPS) is 19.6. The van der Waals surface area contributed by atoms with Gasteiger partial charge in [0, 0.05) is 23.7 Å². The fraction of sp³-hybridized carbons (Fsp3) is 0.467. The molecule has 0 radical (unpaired) electrons. The van der Waals surface area contributed by atoms with Gasteiger partial charge in [0.1, 0.15) is 0 Å². The monoisotopic (exact) mass is 388 g/mol. The predicted molar refractivity (Wildman–Crippen MR) is 98.0 cm³/mol. The number of halogens is 1. The van der Waals surface area contributed by atoms with Crippen LogP contribution in [0, 0.1) is 10.1 Å². The first-order valence-corrected chi connectivity index (χ1v) is 8.61. The molecule has 2 amide bonds. The molecular weight excluding hydrogens is 368 g/mol. The minimum absolute atomic E-state index is 0. The number of amides is 2. The zero-order valence-corrected chi connectivity index (χ0v) is 15.1. The third-order valence-corrected chi connectivity index (χ3v) is 5.00. The van der Waals surface area contributed by atoms with E-state index in [1.807, 2.05) is 0 Å². The Bertz CT molecular complexity index is 650. The molecule has 1 saturated carbocycles. The van der Waals surface area contributed by atoms with Crippen molar-refractivity contribution in [2.75, 3.05) is 5.75 Å². The Hall–Kier alpha value is -1.84. The largest absolute Gasteiger partial charge is 0.366 e. The Balaban J connectivity index is 0.00000312. The van der Waals surface area contributed by atoms with Gasteiger partial charge >= 0.3 is 0 Å². The Morgan fingerprint density at radius 1 is 1.28 bits per heavy atom. The average Bonchev–Trinajstić information content (AvgIpc) is 2.54. The maximum atomic E-state index is 12.0. The highest BCUT2D eigenvalue weighted by Crippen LogP contribution is 2.30. The van der Waals surface area contributed by atoms with Gasteiger partial charge in [0.15, 0.2) is 0 Å². The molecule has 1 aromatic rings. The SMILES string of the molecule is Cl.NC(=O)c1ccc(SCC(=O)NC2CCC(N)CC2)c([N+](=O)[O-])c1. The third kappa shape index (κ3) is 6.18. The zero-order valence-electron chi connectivity index (χ0n) is 13.5. The summed E-state index contributed by atoms with van der Waals surface area (Å²) in [6, 6.07) is 4.31. The predicted octanol–water partition coefficient (Wildman–Crippen LogP) is 1.59. The standard InChI is InChI=1S/C15H20N4O4S.ClH/c16-10-2-4-11(5-3-10)18-14(20)8-24-13-6-1-9(15(17)21)7-12(13)19(22)23;/h1,6-7,10-11H,2-5,8,16H2,(H2,17,21)(H,18,20);1H. The molecule has 1 aliphatic carbocycles. The molecule has 0 heterocycles. The van der Waals surface area contributed by atoms with Gasteiger partial charge in [-0.2, -0.15) is 0 Å². The maximum Gasteiger partial charge on any atom is 0.283 e. The maximum absolute atomic E-state index is 12.0. The van der Waals surface area contributed by atoms with Crippen LogP contribution in [0.25, 0.3) is 0 Å². The number of nitro benzene ring substituents is 1. The quantitative estimate of drug-likeness (QED) is 0.384. The number of benzene rings is 1. The van der Waals surface area contributed by atoms with Gasteiger partial charge in [-0.25, -0.2) is 0 Å². The second-order valence-corrected chi connectivity index (χ2v) is 6.79. The summed E-state index contributed by atoms with van der Waals surface area (Å²) in [5.41, 5.74) is 10.8. The van der Waals surface area contributed by atoms with Crippen molar-refractivity contribution < 1.29 is 14.5 Å². The molecule has 1 aliphatic rings. The lowest BCUT2D eigenvalue weighted by atomic mass is 9.92. The number of rotatable bonds is 6. The van der Waals surface area contributed by atoms with Crippen molar-refractivity contribution in [3.63, 3.8) is 0 Å². The van der Waals surface area contributed by atoms with Crippen molar-refractivity contribution in [2.24, 2.45) is 11.5 Å². The number of hydrogen-bond acceptors (Lipinski definition) is 6. The van der Waals surface area contributed by atoms with E-state index >= 15 is 0 Å². The summed E-state index contributed by atoms with van der Waals surface area (Å²) >= 11 is 1.06. The van der Waals surface area contributed by atoms with Gasteiger partial charge in [-0.1, -0.05) is 0 Å². The van der Waals surface area contributed by atoms with Crippen LogP contribution in [0.4, 0.5) is 5.69 Å². The molecule has 0 aliphatic heterocycles. The topological polar surface area (TPSA) is 141 Å². The molecule has 0 unspecified atom stereocenters. The number of nitro groups is 1. The van der Waals surface area contributed by atoms with Gasteiger partial charge in [-0.05, 0) is 37.8 Å². The van der Waals surface area contributed by atoms with E-state index in [0.29, 0.717) is 4.90 Å². The smallest absolute Gasteiger partial charge is 0.283 e. The Kier molecular flexibility index (Phi) is 8.14. The number of carbonyl (C=O) groups excluding carboxylic acids is 2. The highest BCUT2D eigenvalue weighted by atomic mass is 35.5. The molecule has 0 saturated heterocycles. The van der Waals surface area contributed by atoms with Crippen molar-refractivity contribution in [1.82, 2.24) is 5.32 Å². The highest BCUT2D eigenvalue weighted by molar-refractivity contribution is 8.00. The number of thioether (sulfide) groups is 1. The van der Waals surface area contributed by atoms with Crippen molar-refractivity contribution >= 4 is 41.7 Å². The number of nitrogens with zero attached hydrogens (tertiary/aromatic N) is 1. The molecule has 2 rings (SSSR count). The van der Waals surface area contributed by atoms with Crippen LogP contribution in [0.1, 0.15) is 36.0 Å². The van der Waals surface area contributed by atoms with Crippen molar-refractivity contribution in [3.05, 3.63) is 33.9 Å². The fourth-order valence-corrected chi connectivity index (χ4v) is 3.43. The van der Waals surface area contributed by atoms with E-state index in [0.717, 1.165) is 43.5 Å². The number of primary amides is 1. The molecule has 138 valence electrons. The van der Waals surface area contributed by atoms with E-state index in [-0.39, 0.29) is 47.4 Å². The summed E-state index contributed by atoms with van der Waals surface area (Å²) in [5, 5.41) is 14.0. The van der Waals surface area contributed by atoms with E-state index < -0.39 is 10.8 Å². The minimum atomic E-state index is -0.733. The summed E-state index contributed by atoms with van der Waals surface area (Å²) in [5.74, 6) is -0.837. The first-order valence-electron chi connectivity index (χ1n) is 7.63. The van der Waals surface area contributed by atoms with Gasteiger partial charge in [-0.15, -0.1) is 24.2 Å². The third-order valence-electron chi connectivity index (χ3n) is 3.94. The summed E-state index contributed by atoms with van der Waals surface area (Å²) < 4.78 is 0. The molecule has 0 aromatic heterocycles. The van der Waals surface area contributed by atoms with Gasteiger partial charge < -0.3 is 16.8 Å². The molecular formula is C15H21ClN4O4S. The molecule has 8 nitrogen and oxygen atoms in total. The van der Waals surface area contributed by atoms with Crippen molar-refractivity contribution in [1.29, 1.82) is 0 Å². The average molecular weight is 389 g/mol. The molecule has 1 fully saturated rings. The van der Waals surface area contributed by atoms with Crippen molar-refractivity contribution in [2.45, 2.75) is 42.7 Å². The number of nitrogens with one attached hydrogen (secondary N) is 1. The second kappa shape index (κ2) is 9.59. The lowest BCUT2D eigenvalue weighted by molar-refractivity contribution is -0.387. The van der Waals surface area contributed by atoms with Crippen LogP contribution in [0.3, 0.4) is 0 Å². The summed E-state index contributed by atoms with van der Waals surface area (Å²) in [4.78, 5) is 34.0. The molecule has 1 aromatic carbocycles. The van der Waals surface area contributed by atoms with E-state index in [4.69, 9.17) is 11.5 Å². The van der Waals surface area contributed by atoms with Crippen LogP contribution < -0.4 is 16.8 Å². The summed E-state index contributed by atoms with van der Waals surface area (Å²) in [6.45, 7) is 0. The van der Waals surface area contributed by atoms with Crippen LogP contribution in [0.5, 0.6) is 0 Å². The van der Waals surface area contributed by atoms with E-state index in [1.54, 1.807) is 0 Å². The molecule has 10 heteroatoms. The summed E-state index contributed by atoms with van der Waals surface area (Å²) in [6.07, 6.45) is 3.48. The van der Waals surface area contributed by atoms with Crippen LogP contribution in [0.15, 0.2) is 23.1 Å². The molecule has 5 N–H and O–H groups in total. The number of hydrogen-bond donors (Lipinski definition) is 3. The van der Waals surface area contributed by atoms with E-state index in [9.17, 15) is 19.7 Å². The lowest BCUT2D eigenvalue weighted by Gasteiger charge is -2.26. The molecule has 0 atom stereocenters. The van der Waals surface area contributed by atoms with Crippen LogP contribution in [-0.2, 0) is 4.79 Å². The molecule has 25 heavy (non-hydrogen) atoms. The highest BCUT2D eigenvalue weighted by Gasteiger charge is 2.21. The van der Waals surface area contributed by atoms with Crippen molar-refractivity contribution in [3.8, 4) is 0 Å². The minimum Gasteiger partial charge on any atom is -0.366 e. The Morgan fingerprint density at radius 3 is 2.48 bits per heavy atom. The molecule has 0 spiro atoms. The Labute approximate surface area is 155 Å². The number of nitrogens with two attached hydrogens (primary N) is 2. The van der Waals surface area contributed by atoms with Gasteiger partial charge in [-0.3, -0.25) is 19.7 Å². The van der Waals surface area contributed by atoms with Gasteiger partial charge in [0.2, 0.25) is 11.8 Å². The zero-order chi connectivity index (χ0) is 17.7. The lowest BCUT2D eigenvalue weighted by Crippen LogP contribution is -2.41. The number of carbonyl (C=O) groups is 2. The fourth-order valence-electron chi connectivity index (χ4n) is 2.61. The first-order chi connectivity index (χ1) is 11.4. The van der Waals surface area contributed by atoms with Crippen LogP contribution in [-0.4, -0.2) is 34.6 Å². The van der Waals surface area contributed by atoms with E-state index in [2.05, 4.69) is 5.32 Å². The Morgan fingerprint density at radius 2 is 1.92 bits per heavy atom. The van der Waals surface area contributed by atoms with E-state index in [1.165, 1.54) is 12.1 Å². The van der Waals surface area contributed by atoms with Crippen LogP contribution in [0.2, 0.25) is 0 Å². The van der Waals surface area contributed by atoms with Gasteiger partial charge in [0.05, 0.1) is 15.6 Å². The second-order valence-electron chi connectivity index (χ2n) is 5.77. The first kappa shape index (κ1) is 21.2. The van der Waals surface area contributed by atoms with Gasteiger partial charge in [0.25, 0.3) is 5.69 Å². The van der Waals surface area contributed by atoms with Crippen LogP contribution >= 0.6 is 24.2 Å². The summed E-state index contributed by atoms with van der Waals surface area (Å²) in [7, 11) is 0.